The fraction of sp³-hybridized carbons (Fsp3) is 0.571. The molecule has 1 aromatic carbocycles. The van der Waals surface area contributed by atoms with E-state index in [0.717, 1.165) is 31.9 Å². The number of fused-ring (bicyclic) bond motifs is 1. The predicted molar refractivity (Wildman–Crippen MR) is 68.6 cm³/mol. The molecule has 3 heteroatoms. The smallest absolute Gasteiger partial charge is 0.0781 e. The normalized spacial score (nSPS) is 28.5. The van der Waals surface area contributed by atoms with Crippen LogP contribution in [0.2, 0.25) is 0 Å². The molecule has 0 aliphatic carbocycles. The zero-order valence-electron chi connectivity index (χ0n) is 10.4. The maximum atomic E-state index is 5.86. The summed E-state index contributed by atoms with van der Waals surface area (Å²) in [5, 5.41) is 0. The molecule has 1 atom stereocenters. The highest BCUT2D eigenvalue weighted by Gasteiger charge is 2.33. The molecule has 1 unspecified atom stereocenters. The highest BCUT2D eigenvalue weighted by molar-refractivity contribution is 5.46. The average Bonchev–Trinajstić information content (AvgIpc) is 2.84. The highest BCUT2D eigenvalue weighted by Crippen LogP contribution is 2.31. The molecule has 92 valence electrons. The van der Waals surface area contributed by atoms with E-state index in [1.807, 2.05) is 6.07 Å². The van der Waals surface area contributed by atoms with Crippen molar-refractivity contribution >= 4 is 5.69 Å². The van der Waals surface area contributed by atoms with Gasteiger partial charge in [0.1, 0.15) is 0 Å². The van der Waals surface area contributed by atoms with Crippen LogP contribution in [-0.4, -0.2) is 23.7 Å². The van der Waals surface area contributed by atoms with Gasteiger partial charge >= 0.3 is 0 Å². The second-order valence-corrected chi connectivity index (χ2v) is 5.58. The van der Waals surface area contributed by atoms with Crippen LogP contribution in [-0.2, 0) is 17.8 Å². The van der Waals surface area contributed by atoms with Gasteiger partial charge in [-0.15, -0.1) is 0 Å². The van der Waals surface area contributed by atoms with Gasteiger partial charge in [-0.1, -0.05) is 6.07 Å². The number of hydrogen-bond acceptors (Lipinski definition) is 3. The SMILES string of the molecule is CC1(CN2Cc3ccc(N)cc3C2)CCCO1. The molecule has 1 aromatic rings. The van der Waals surface area contributed by atoms with Gasteiger partial charge in [0.2, 0.25) is 0 Å². The van der Waals surface area contributed by atoms with Crippen molar-refractivity contribution in [3.63, 3.8) is 0 Å². The Labute approximate surface area is 103 Å². The van der Waals surface area contributed by atoms with E-state index in [9.17, 15) is 0 Å². The fourth-order valence-corrected chi connectivity index (χ4v) is 3.03. The highest BCUT2D eigenvalue weighted by atomic mass is 16.5. The van der Waals surface area contributed by atoms with Gasteiger partial charge in [0.05, 0.1) is 5.60 Å². The van der Waals surface area contributed by atoms with E-state index in [4.69, 9.17) is 10.5 Å². The standard InChI is InChI=1S/C14H20N2O/c1-14(5-2-6-17-14)10-16-8-11-3-4-13(15)7-12(11)9-16/h3-4,7H,2,5-6,8-10,15H2,1H3. The topological polar surface area (TPSA) is 38.5 Å². The van der Waals surface area contributed by atoms with Crippen LogP contribution in [0.5, 0.6) is 0 Å². The second kappa shape index (κ2) is 4.00. The molecule has 3 rings (SSSR count). The zero-order chi connectivity index (χ0) is 11.9. The molecule has 2 N–H and O–H groups in total. The summed E-state index contributed by atoms with van der Waals surface area (Å²) < 4.78 is 5.86. The second-order valence-electron chi connectivity index (χ2n) is 5.58. The van der Waals surface area contributed by atoms with E-state index in [1.165, 1.54) is 24.0 Å². The number of nitrogens with two attached hydrogens (primary N) is 1. The molecule has 0 radical (unpaired) electrons. The molecule has 17 heavy (non-hydrogen) atoms. The summed E-state index contributed by atoms with van der Waals surface area (Å²) >= 11 is 0. The minimum Gasteiger partial charge on any atom is -0.399 e. The summed E-state index contributed by atoms with van der Waals surface area (Å²) in [6, 6.07) is 6.26. The number of nitrogen functional groups attached to an aromatic ring is 1. The van der Waals surface area contributed by atoms with Crippen LogP contribution in [0, 0.1) is 0 Å². The Morgan fingerprint density at radius 2 is 2.18 bits per heavy atom. The van der Waals surface area contributed by atoms with Gasteiger partial charge in [-0.05, 0) is 43.0 Å². The molecule has 2 heterocycles. The van der Waals surface area contributed by atoms with Crippen LogP contribution in [0.15, 0.2) is 18.2 Å². The maximum absolute atomic E-state index is 5.86. The summed E-state index contributed by atoms with van der Waals surface area (Å²) in [5.41, 5.74) is 9.55. The van der Waals surface area contributed by atoms with Crippen molar-refractivity contribution in [1.82, 2.24) is 4.90 Å². The fourth-order valence-electron chi connectivity index (χ4n) is 3.03. The maximum Gasteiger partial charge on any atom is 0.0781 e. The lowest BCUT2D eigenvalue weighted by Crippen LogP contribution is -2.37. The van der Waals surface area contributed by atoms with Crippen LogP contribution in [0.25, 0.3) is 0 Å². The van der Waals surface area contributed by atoms with Crippen molar-refractivity contribution in [2.24, 2.45) is 0 Å². The molecule has 1 fully saturated rings. The molecule has 3 nitrogen and oxygen atoms in total. The van der Waals surface area contributed by atoms with Gasteiger partial charge < -0.3 is 10.5 Å². The first-order valence-electron chi connectivity index (χ1n) is 6.38. The molecule has 0 saturated carbocycles. The summed E-state index contributed by atoms with van der Waals surface area (Å²) in [7, 11) is 0. The number of rotatable bonds is 2. The lowest BCUT2D eigenvalue weighted by atomic mass is 10.0. The quantitative estimate of drug-likeness (QED) is 0.794. The molecular weight excluding hydrogens is 212 g/mol. The Balaban J connectivity index is 1.69. The van der Waals surface area contributed by atoms with Gasteiger partial charge in [0.25, 0.3) is 0 Å². The lowest BCUT2D eigenvalue weighted by Gasteiger charge is -2.28. The summed E-state index contributed by atoms with van der Waals surface area (Å²) in [6.45, 7) is 6.23. The molecule has 2 aliphatic rings. The third-order valence-electron chi connectivity index (χ3n) is 3.88. The van der Waals surface area contributed by atoms with Crippen LogP contribution in [0.3, 0.4) is 0 Å². The number of anilines is 1. The van der Waals surface area contributed by atoms with Gasteiger partial charge in [0, 0.05) is 31.9 Å². The minimum atomic E-state index is 0.0631. The van der Waals surface area contributed by atoms with E-state index < -0.39 is 0 Å². The van der Waals surface area contributed by atoms with Gasteiger partial charge in [-0.3, -0.25) is 4.90 Å². The van der Waals surface area contributed by atoms with E-state index in [1.54, 1.807) is 0 Å². The van der Waals surface area contributed by atoms with E-state index in [-0.39, 0.29) is 5.60 Å². The van der Waals surface area contributed by atoms with Gasteiger partial charge in [0.15, 0.2) is 0 Å². The first-order chi connectivity index (χ1) is 8.15. The summed E-state index contributed by atoms with van der Waals surface area (Å²) in [4.78, 5) is 2.47. The van der Waals surface area contributed by atoms with E-state index >= 15 is 0 Å². The number of ether oxygens (including phenoxy) is 1. The number of benzene rings is 1. The van der Waals surface area contributed by atoms with Gasteiger partial charge in [-0.2, -0.15) is 0 Å². The third kappa shape index (κ3) is 2.17. The van der Waals surface area contributed by atoms with Crippen LogP contribution >= 0.6 is 0 Å². The summed E-state index contributed by atoms with van der Waals surface area (Å²) in [5.74, 6) is 0. The Kier molecular flexibility index (Phi) is 2.60. The molecule has 0 amide bonds. The van der Waals surface area contributed by atoms with E-state index in [0.29, 0.717) is 0 Å². The summed E-state index contributed by atoms with van der Waals surface area (Å²) in [6.07, 6.45) is 2.38. The van der Waals surface area contributed by atoms with Gasteiger partial charge in [-0.25, -0.2) is 0 Å². The van der Waals surface area contributed by atoms with Crippen LogP contribution in [0.1, 0.15) is 30.9 Å². The number of hydrogen-bond donors (Lipinski definition) is 1. The molecule has 2 aliphatic heterocycles. The minimum absolute atomic E-state index is 0.0631. The molecule has 0 bridgehead atoms. The Morgan fingerprint density at radius 3 is 2.94 bits per heavy atom. The van der Waals surface area contributed by atoms with Crippen molar-refractivity contribution in [1.29, 1.82) is 0 Å². The monoisotopic (exact) mass is 232 g/mol. The first-order valence-corrected chi connectivity index (χ1v) is 6.38. The Hall–Kier alpha value is -1.06. The average molecular weight is 232 g/mol. The van der Waals surface area contributed by atoms with Crippen molar-refractivity contribution in [3.8, 4) is 0 Å². The predicted octanol–water partition coefficient (Wildman–Crippen LogP) is 2.15. The Bertz CT molecular complexity index is 424. The van der Waals surface area contributed by atoms with Crippen LogP contribution in [0.4, 0.5) is 5.69 Å². The molecule has 0 spiro atoms. The molecular formula is C14H20N2O. The first kappa shape index (κ1) is 11.1. The molecule has 1 saturated heterocycles. The van der Waals surface area contributed by atoms with Crippen molar-refractivity contribution in [2.45, 2.75) is 38.5 Å². The molecule has 0 aromatic heterocycles. The largest absolute Gasteiger partial charge is 0.399 e. The van der Waals surface area contributed by atoms with Crippen molar-refractivity contribution in [2.75, 3.05) is 18.9 Å². The van der Waals surface area contributed by atoms with E-state index in [2.05, 4.69) is 24.0 Å². The van der Waals surface area contributed by atoms with Crippen molar-refractivity contribution < 1.29 is 4.74 Å². The lowest BCUT2D eigenvalue weighted by molar-refractivity contribution is -0.00992. The third-order valence-corrected chi connectivity index (χ3v) is 3.88. The number of nitrogens with zero attached hydrogens (tertiary/aromatic N) is 1. The van der Waals surface area contributed by atoms with Crippen LogP contribution < -0.4 is 5.73 Å². The zero-order valence-corrected chi connectivity index (χ0v) is 10.4. The van der Waals surface area contributed by atoms with Crippen molar-refractivity contribution in [3.05, 3.63) is 29.3 Å². The Morgan fingerprint density at radius 1 is 1.35 bits per heavy atom.